The van der Waals surface area contributed by atoms with Gasteiger partial charge in [0.05, 0.1) is 5.92 Å². The van der Waals surface area contributed by atoms with Crippen LogP contribution in [0.4, 0.5) is 13.2 Å². The molecular weight excluding hydrogens is 289 g/mol. The number of rotatable bonds is 3. The molecule has 3 fully saturated rings. The van der Waals surface area contributed by atoms with Crippen LogP contribution in [-0.4, -0.2) is 34.6 Å². The molecule has 1 heterocycles. The second kappa shape index (κ2) is 4.20. The van der Waals surface area contributed by atoms with E-state index in [0.717, 1.165) is 18.2 Å². The summed E-state index contributed by atoms with van der Waals surface area (Å²) >= 11 is 6.26. The van der Waals surface area contributed by atoms with Crippen molar-refractivity contribution in [1.82, 2.24) is 0 Å². The van der Waals surface area contributed by atoms with Crippen LogP contribution in [0.15, 0.2) is 0 Å². The van der Waals surface area contributed by atoms with Crippen LogP contribution in [0.3, 0.4) is 0 Å². The van der Waals surface area contributed by atoms with Crippen LogP contribution >= 0.6 is 23.4 Å². The zero-order chi connectivity index (χ0) is 13.1. The molecule has 0 radical (unpaired) electrons. The highest BCUT2D eigenvalue weighted by atomic mass is 35.5. The van der Waals surface area contributed by atoms with E-state index in [4.69, 9.17) is 16.3 Å². The summed E-state index contributed by atoms with van der Waals surface area (Å²) in [6.07, 6.45) is -3.11. The molecule has 0 aromatic rings. The summed E-state index contributed by atoms with van der Waals surface area (Å²) in [5.41, 5.74) is 0. The number of carbonyl (C=O) groups is 1. The van der Waals surface area contributed by atoms with Crippen LogP contribution in [0.5, 0.6) is 0 Å². The highest BCUT2D eigenvalue weighted by Gasteiger charge is 2.62. The van der Waals surface area contributed by atoms with Crippen molar-refractivity contribution in [2.75, 3.05) is 5.88 Å². The molecule has 1 saturated heterocycles. The van der Waals surface area contributed by atoms with E-state index in [1.54, 1.807) is 0 Å². The Morgan fingerprint density at radius 3 is 2.78 bits per heavy atom. The van der Waals surface area contributed by atoms with E-state index in [1.165, 1.54) is 0 Å². The molecule has 2 aliphatic carbocycles. The van der Waals surface area contributed by atoms with E-state index in [-0.39, 0.29) is 35.1 Å². The van der Waals surface area contributed by atoms with Crippen molar-refractivity contribution in [2.24, 2.45) is 17.8 Å². The molecule has 2 bridgehead atoms. The minimum atomic E-state index is -4.30. The fourth-order valence-electron chi connectivity index (χ4n) is 3.48. The lowest BCUT2D eigenvalue weighted by Gasteiger charge is -2.28. The summed E-state index contributed by atoms with van der Waals surface area (Å²) < 4.78 is 43.4. The van der Waals surface area contributed by atoms with Gasteiger partial charge in [-0.15, -0.1) is 23.4 Å². The molecule has 3 rings (SSSR count). The first-order chi connectivity index (χ1) is 8.41. The monoisotopic (exact) mass is 300 g/mol. The van der Waals surface area contributed by atoms with Crippen LogP contribution in [0.1, 0.15) is 12.8 Å². The lowest BCUT2D eigenvalue weighted by Crippen LogP contribution is -2.36. The van der Waals surface area contributed by atoms with Gasteiger partial charge >= 0.3 is 12.1 Å². The second-order valence-electron chi connectivity index (χ2n) is 5.19. The van der Waals surface area contributed by atoms with Gasteiger partial charge in [0.2, 0.25) is 0 Å². The summed E-state index contributed by atoms with van der Waals surface area (Å²) in [5, 5.41) is -1.80. The third kappa shape index (κ3) is 1.83. The Labute approximate surface area is 112 Å². The maximum absolute atomic E-state index is 12.7. The van der Waals surface area contributed by atoms with E-state index in [1.807, 2.05) is 0 Å². The van der Waals surface area contributed by atoms with Crippen LogP contribution in [0, 0.1) is 17.8 Å². The van der Waals surface area contributed by atoms with Gasteiger partial charge in [-0.05, 0) is 18.8 Å². The van der Waals surface area contributed by atoms with E-state index in [2.05, 4.69) is 0 Å². The minimum Gasteiger partial charge on any atom is -0.461 e. The Hall–Kier alpha value is -0.100. The number of fused-ring (bicyclic) bond motifs is 1. The van der Waals surface area contributed by atoms with Gasteiger partial charge in [0.25, 0.3) is 0 Å². The Morgan fingerprint density at radius 1 is 1.44 bits per heavy atom. The maximum atomic E-state index is 12.7. The zero-order valence-electron chi connectivity index (χ0n) is 9.32. The minimum absolute atomic E-state index is 0.0582. The van der Waals surface area contributed by atoms with Gasteiger partial charge in [0.15, 0.2) is 0 Å². The summed E-state index contributed by atoms with van der Waals surface area (Å²) in [5.74, 6) is -0.410. The van der Waals surface area contributed by atoms with E-state index in [9.17, 15) is 18.0 Å². The molecule has 18 heavy (non-hydrogen) atoms. The molecule has 0 aromatic heterocycles. The smallest absolute Gasteiger partial charge is 0.401 e. The summed E-state index contributed by atoms with van der Waals surface area (Å²) in [6.45, 7) is 0. The average Bonchev–Trinajstić information content (AvgIpc) is 2.86. The third-order valence-corrected chi connectivity index (χ3v) is 6.46. The fraction of sp³-hybridized carbons (Fsp3) is 0.909. The molecule has 0 spiro atoms. The summed E-state index contributed by atoms with van der Waals surface area (Å²) in [6, 6.07) is 0. The van der Waals surface area contributed by atoms with Gasteiger partial charge in [-0.3, -0.25) is 4.79 Å². The van der Waals surface area contributed by atoms with Crippen molar-refractivity contribution in [1.29, 1.82) is 0 Å². The van der Waals surface area contributed by atoms with Crippen molar-refractivity contribution in [3.63, 3.8) is 0 Å². The van der Waals surface area contributed by atoms with Crippen molar-refractivity contribution in [2.45, 2.75) is 35.6 Å². The molecule has 0 aromatic carbocycles. The number of alkyl halides is 4. The number of ether oxygens (including phenoxy) is 1. The number of carbonyl (C=O) groups excluding carboxylic acids is 1. The van der Waals surface area contributed by atoms with Gasteiger partial charge in [0, 0.05) is 17.0 Å². The van der Waals surface area contributed by atoms with Gasteiger partial charge in [-0.1, -0.05) is 0 Å². The molecule has 2 nitrogen and oxygen atoms in total. The maximum Gasteiger partial charge on any atom is 0.401 e. The van der Waals surface area contributed by atoms with E-state index >= 15 is 0 Å². The van der Waals surface area contributed by atoms with Gasteiger partial charge < -0.3 is 4.74 Å². The first kappa shape index (κ1) is 12.9. The normalized spacial score (nSPS) is 43.3. The van der Waals surface area contributed by atoms with Crippen molar-refractivity contribution < 1.29 is 22.7 Å². The quantitative estimate of drug-likeness (QED) is 0.592. The topological polar surface area (TPSA) is 26.3 Å². The molecule has 102 valence electrons. The highest BCUT2D eigenvalue weighted by molar-refractivity contribution is 8.00. The lowest BCUT2D eigenvalue weighted by atomic mass is 9.89. The number of hydrogen-bond acceptors (Lipinski definition) is 3. The predicted octanol–water partition coefficient (Wildman–Crippen LogP) is 2.84. The Kier molecular flexibility index (Phi) is 3.01. The number of esters is 1. The molecule has 2 saturated carbocycles. The SMILES string of the molecule is O=C1O[C@@H]2[C@H]3C[C@@H](C[C@H]13)[C@H]2S[C@@H](CCl)C(F)(F)F. The fourth-order valence-corrected chi connectivity index (χ4v) is 5.34. The first-order valence-electron chi connectivity index (χ1n) is 5.90. The summed E-state index contributed by atoms with van der Waals surface area (Å²) in [7, 11) is 0. The molecule has 0 unspecified atom stereocenters. The van der Waals surface area contributed by atoms with Crippen molar-refractivity contribution >= 4 is 29.3 Å². The van der Waals surface area contributed by atoms with Crippen LogP contribution < -0.4 is 0 Å². The van der Waals surface area contributed by atoms with Crippen LogP contribution in [0.25, 0.3) is 0 Å². The third-order valence-electron chi connectivity index (χ3n) is 4.24. The Bertz CT molecular complexity index is 376. The number of hydrogen-bond donors (Lipinski definition) is 0. The van der Waals surface area contributed by atoms with Gasteiger partial charge in [-0.2, -0.15) is 13.2 Å². The average molecular weight is 301 g/mol. The van der Waals surface area contributed by atoms with Crippen LogP contribution in [-0.2, 0) is 9.53 Å². The number of thioether (sulfide) groups is 1. The molecular formula is C11H12ClF3O2S. The molecule has 0 amide bonds. The number of halogens is 4. The zero-order valence-corrected chi connectivity index (χ0v) is 10.9. The predicted molar refractivity (Wildman–Crippen MR) is 61.5 cm³/mol. The second-order valence-corrected chi connectivity index (χ2v) is 6.88. The Morgan fingerprint density at radius 2 is 2.17 bits per heavy atom. The van der Waals surface area contributed by atoms with Crippen molar-refractivity contribution in [3.8, 4) is 0 Å². The van der Waals surface area contributed by atoms with Crippen LogP contribution in [0.2, 0.25) is 0 Å². The van der Waals surface area contributed by atoms with E-state index < -0.39 is 17.3 Å². The van der Waals surface area contributed by atoms with Gasteiger partial charge in [-0.25, -0.2) is 0 Å². The molecule has 3 aliphatic rings. The highest BCUT2D eigenvalue weighted by Crippen LogP contribution is 2.59. The Balaban J connectivity index is 1.73. The largest absolute Gasteiger partial charge is 0.461 e. The van der Waals surface area contributed by atoms with Crippen molar-refractivity contribution in [3.05, 3.63) is 0 Å². The lowest BCUT2D eigenvalue weighted by molar-refractivity contribution is -0.143. The first-order valence-corrected chi connectivity index (χ1v) is 7.38. The molecule has 7 heteroatoms. The van der Waals surface area contributed by atoms with E-state index in [0.29, 0.717) is 6.42 Å². The summed E-state index contributed by atoms with van der Waals surface area (Å²) in [4.78, 5) is 11.5. The van der Waals surface area contributed by atoms with Gasteiger partial charge in [0.1, 0.15) is 11.4 Å². The molecule has 6 atom stereocenters. The molecule has 0 N–H and O–H groups in total. The standard InChI is InChI=1S/C11H12ClF3O2S/c12-3-7(11(13,14)15)18-9-4-1-5-6(2-4)10(16)17-8(5)9/h4-9H,1-3H2/t4-,5-,6-,7-,8+,9+/m0/s1. The molecule has 1 aliphatic heterocycles.